The fourth-order valence-electron chi connectivity index (χ4n) is 2.66. The number of nitrogen functional groups attached to an aromatic ring is 1. The number of aromatic nitrogens is 2. The zero-order valence-corrected chi connectivity index (χ0v) is 12.1. The van der Waals surface area contributed by atoms with Crippen molar-refractivity contribution in [3.63, 3.8) is 0 Å². The third kappa shape index (κ3) is 1.79. The average molecular weight is 280 g/mol. The Morgan fingerprint density at radius 2 is 2.28 bits per heavy atom. The molecule has 1 aliphatic carbocycles. The number of thioether (sulfide) groups is 1. The number of aryl methyl sites for hydroxylation is 1. The first kappa shape index (κ1) is 12.2. The molecule has 3 N–H and O–H groups in total. The average Bonchev–Trinajstić information content (AvgIpc) is 2.76. The van der Waals surface area contributed by atoms with Crippen molar-refractivity contribution < 1.29 is 0 Å². The zero-order chi connectivity index (χ0) is 12.7. The lowest BCUT2D eigenvalue weighted by atomic mass is 9.87. The second-order valence-corrected chi connectivity index (χ2v) is 6.47. The van der Waals surface area contributed by atoms with Crippen LogP contribution in [0.2, 0.25) is 0 Å². The number of nitrogens with two attached hydrogens (primary N) is 1. The van der Waals surface area contributed by atoms with Crippen LogP contribution in [-0.4, -0.2) is 16.2 Å². The van der Waals surface area contributed by atoms with E-state index in [0.29, 0.717) is 5.92 Å². The van der Waals surface area contributed by atoms with Crippen LogP contribution in [0.4, 0.5) is 5.82 Å². The number of fused-ring (bicyclic) bond motifs is 3. The molecule has 0 fully saturated rings. The van der Waals surface area contributed by atoms with Gasteiger partial charge in [0.05, 0.1) is 5.39 Å². The summed E-state index contributed by atoms with van der Waals surface area (Å²) in [7, 11) is 0. The maximum atomic E-state index is 5.63. The molecule has 1 aliphatic rings. The van der Waals surface area contributed by atoms with Crippen molar-refractivity contribution in [1.82, 2.24) is 9.97 Å². The van der Waals surface area contributed by atoms with Crippen LogP contribution in [0.15, 0.2) is 5.16 Å². The summed E-state index contributed by atoms with van der Waals surface area (Å²) in [6.07, 6.45) is 5.67. The minimum absolute atomic E-state index is 0.582. The van der Waals surface area contributed by atoms with Gasteiger partial charge in [0, 0.05) is 4.88 Å². The molecule has 0 aliphatic heterocycles. The summed E-state index contributed by atoms with van der Waals surface area (Å²) in [5.74, 6) is 6.99. The third-order valence-electron chi connectivity index (χ3n) is 3.50. The Hall–Kier alpha value is -0.850. The highest BCUT2D eigenvalue weighted by Gasteiger charge is 2.25. The van der Waals surface area contributed by atoms with Crippen LogP contribution in [0.1, 0.15) is 36.1 Å². The Balaban J connectivity index is 2.32. The van der Waals surface area contributed by atoms with Crippen molar-refractivity contribution in [2.24, 2.45) is 5.84 Å². The zero-order valence-electron chi connectivity index (χ0n) is 10.5. The van der Waals surface area contributed by atoms with Crippen molar-refractivity contribution in [3.8, 4) is 0 Å². The number of hydrogen-bond acceptors (Lipinski definition) is 6. The van der Waals surface area contributed by atoms with Gasteiger partial charge in [-0.05, 0) is 37.0 Å². The summed E-state index contributed by atoms with van der Waals surface area (Å²) >= 11 is 3.35. The Bertz CT molecular complexity index is 593. The van der Waals surface area contributed by atoms with Gasteiger partial charge in [-0.1, -0.05) is 18.7 Å². The quantitative estimate of drug-likeness (QED) is 0.383. The molecule has 0 radical (unpaired) electrons. The Kier molecular flexibility index (Phi) is 3.17. The molecule has 3 rings (SSSR count). The van der Waals surface area contributed by atoms with Gasteiger partial charge in [0.15, 0.2) is 11.0 Å². The topological polar surface area (TPSA) is 63.8 Å². The molecule has 0 spiro atoms. The van der Waals surface area contributed by atoms with E-state index in [9.17, 15) is 0 Å². The van der Waals surface area contributed by atoms with E-state index < -0.39 is 0 Å². The smallest absolute Gasteiger partial charge is 0.190 e. The van der Waals surface area contributed by atoms with Crippen molar-refractivity contribution in [1.29, 1.82) is 0 Å². The highest BCUT2D eigenvalue weighted by Crippen LogP contribution is 2.43. The van der Waals surface area contributed by atoms with Gasteiger partial charge in [0.2, 0.25) is 0 Å². The van der Waals surface area contributed by atoms with Gasteiger partial charge < -0.3 is 5.43 Å². The van der Waals surface area contributed by atoms with Gasteiger partial charge in [-0.3, -0.25) is 0 Å². The molecule has 0 aromatic carbocycles. The Morgan fingerprint density at radius 3 is 3.00 bits per heavy atom. The maximum Gasteiger partial charge on any atom is 0.190 e. The van der Waals surface area contributed by atoms with Crippen molar-refractivity contribution in [3.05, 3.63) is 10.4 Å². The van der Waals surface area contributed by atoms with E-state index >= 15 is 0 Å². The van der Waals surface area contributed by atoms with Gasteiger partial charge >= 0.3 is 0 Å². The van der Waals surface area contributed by atoms with E-state index in [1.54, 1.807) is 23.1 Å². The Morgan fingerprint density at radius 1 is 1.44 bits per heavy atom. The molecule has 0 amide bonds. The molecule has 0 bridgehead atoms. The number of rotatable bonds is 2. The summed E-state index contributed by atoms with van der Waals surface area (Å²) in [5.41, 5.74) is 4.16. The second kappa shape index (κ2) is 4.68. The molecule has 0 saturated heterocycles. The minimum atomic E-state index is 0.582. The highest BCUT2D eigenvalue weighted by molar-refractivity contribution is 7.98. The number of hydrazine groups is 1. The molecular formula is C12H16N4S2. The molecule has 0 saturated carbocycles. The lowest BCUT2D eigenvalue weighted by Crippen LogP contribution is -2.11. The van der Waals surface area contributed by atoms with Crippen LogP contribution in [0.3, 0.4) is 0 Å². The second-order valence-electron chi connectivity index (χ2n) is 4.62. The largest absolute Gasteiger partial charge is 0.308 e. The molecule has 2 aromatic rings. The van der Waals surface area contributed by atoms with E-state index in [4.69, 9.17) is 5.84 Å². The van der Waals surface area contributed by atoms with Gasteiger partial charge in [0.1, 0.15) is 4.83 Å². The Labute approximate surface area is 114 Å². The molecule has 2 aromatic heterocycles. The van der Waals surface area contributed by atoms with Gasteiger partial charge in [-0.2, -0.15) is 0 Å². The van der Waals surface area contributed by atoms with Crippen LogP contribution in [0.5, 0.6) is 0 Å². The predicted octanol–water partition coefficient (Wildman–Crippen LogP) is 3.14. The number of thiophene rings is 1. The monoisotopic (exact) mass is 280 g/mol. The van der Waals surface area contributed by atoms with Crippen molar-refractivity contribution in [2.45, 2.75) is 37.3 Å². The summed E-state index contributed by atoms with van der Waals surface area (Å²) in [4.78, 5) is 11.6. The first-order chi connectivity index (χ1) is 8.74. The lowest BCUT2D eigenvalue weighted by molar-refractivity contribution is 0.602. The molecular weight excluding hydrogens is 264 g/mol. The highest BCUT2D eigenvalue weighted by atomic mass is 32.2. The molecule has 6 heteroatoms. The first-order valence-corrected chi connectivity index (χ1v) is 8.12. The fourth-order valence-corrected chi connectivity index (χ4v) is 4.42. The van der Waals surface area contributed by atoms with E-state index in [2.05, 4.69) is 22.3 Å². The molecule has 2 heterocycles. The standard InChI is InChI=1S/C12H16N4S2/c1-6-4-3-5-7-8(6)9-10(16-13)14-12(17-2)15-11(9)18-7/h6H,3-5,13H2,1-2H3,(H,14,15,16). The van der Waals surface area contributed by atoms with Crippen LogP contribution < -0.4 is 11.3 Å². The van der Waals surface area contributed by atoms with Crippen LogP contribution >= 0.6 is 23.1 Å². The third-order valence-corrected chi connectivity index (χ3v) is 5.20. The van der Waals surface area contributed by atoms with E-state index in [0.717, 1.165) is 21.2 Å². The maximum absolute atomic E-state index is 5.63. The van der Waals surface area contributed by atoms with Gasteiger partial charge in [-0.15, -0.1) is 11.3 Å². The lowest BCUT2D eigenvalue weighted by Gasteiger charge is -2.19. The summed E-state index contributed by atoms with van der Waals surface area (Å²) in [5, 5.41) is 1.92. The SMILES string of the molecule is CSc1nc(NN)c2c3c(sc2n1)CCCC3C. The molecule has 18 heavy (non-hydrogen) atoms. The predicted molar refractivity (Wildman–Crippen MR) is 78.4 cm³/mol. The van der Waals surface area contributed by atoms with E-state index in [1.807, 2.05) is 6.26 Å². The van der Waals surface area contributed by atoms with Gasteiger partial charge in [0.25, 0.3) is 0 Å². The normalized spacial score (nSPS) is 18.9. The molecule has 1 unspecified atom stereocenters. The summed E-state index contributed by atoms with van der Waals surface area (Å²) < 4.78 is 0. The van der Waals surface area contributed by atoms with Gasteiger partial charge in [-0.25, -0.2) is 15.8 Å². The number of nitrogens with one attached hydrogen (secondary N) is 1. The van der Waals surface area contributed by atoms with Crippen molar-refractivity contribution >= 4 is 39.1 Å². The minimum Gasteiger partial charge on any atom is -0.308 e. The van der Waals surface area contributed by atoms with Crippen molar-refractivity contribution in [2.75, 3.05) is 11.7 Å². The molecule has 1 atom stereocenters. The summed E-state index contributed by atoms with van der Waals surface area (Å²) in [6.45, 7) is 2.28. The van der Waals surface area contributed by atoms with Crippen LogP contribution in [0.25, 0.3) is 10.2 Å². The molecule has 4 nitrogen and oxygen atoms in total. The fraction of sp³-hybridized carbons (Fsp3) is 0.500. The first-order valence-electron chi connectivity index (χ1n) is 6.08. The van der Waals surface area contributed by atoms with Crippen LogP contribution in [-0.2, 0) is 6.42 Å². The number of nitrogens with zero attached hydrogens (tertiary/aromatic N) is 2. The van der Waals surface area contributed by atoms with E-state index in [-0.39, 0.29) is 0 Å². The van der Waals surface area contributed by atoms with Crippen LogP contribution in [0, 0.1) is 0 Å². The summed E-state index contributed by atoms with van der Waals surface area (Å²) in [6, 6.07) is 0. The molecule has 96 valence electrons. The number of anilines is 1. The number of hydrogen-bond donors (Lipinski definition) is 2. The van der Waals surface area contributed by atoms with E-state index in [1.165, 1.54) is 29.7 Å².